The summed E-state index contributed by atoms with van der Waals surface area (Å²) in [5.74, 6) is 1.78. The van der Waals surface area contributed by atoms with E-state index in [9.17, 15) is 9.59 Å². The van der Waals surface area contributed by atoms with Crippen molar-refractivity contribution in [1.29, 1.82) is 0 Å². The molecule has 0 spiro atoms. The standard InChI is InChI=1S/C21H35N5O3/c1-21(2,3)20-23-18(29-24-20)9-8-17(27)22-10-11-25-12-14-26(15-13-25)19(28)16-6-4-5-7-16/h16H,4-15H2,1-3H3,(H,22,27). The average molecular weight is 406 g/mol. The van der Waals surface area contributed by atoms with Gasteiger partial charge in [-0.2, -0.15) is 4.98 Å². The lowest BCUT2D eigenvalue weighted by molar-refractivity contribution is -0.137. The molecule has 8 heteroatoms. The van der Waals surface area contributed by atoms with Crippen LogP contribution in [0.25, 0.3) is 0 Å². The van der Waals surface area contributed by atoms with E-state index < -0.39 is 0 Å². The second-order valence-electron chi connectivity index (χ2n) is 9.26. The molecule has 2 amide bonds. The minimum absolute atomic E-state index is 0.00411. The molecule has 0 bridgehead atoms. The van der Waals surface area contributed by atoms with Crippen LogP contribution in [0.5, 0.6) is 0 Å². The lowest BCUT2D eigenvalue weighted by Gasteiger charge is -2.36. The number of piperazine rings is 1. The number of carbonyl (C=O) groups is 2. The third-order valence-electron chi connectivity index (χ3n) is 5.84. The van der Waals surface area contributed by atoms with E-state index in [0.717, 1.165) is 45.6 Å². The predicted octanol–water partition coefficient (Wildman–Crippen LogP) is 1.75. The Bertz CT molecular complexity index is 683. The summed E-state index contributed by atoms with van der Waals surface area (Å²) in [6.45, 7) is 10.9. The highest BCUT2D eigenvalue weighted by molar-refractivity contribution is 5.79. The van der Waals surface area contributed by atoms with E-state index in [0.29, 0.717) is 37.0 Å². The molecule has 1 aliphatic carbocycles. The Labute approximate surface area is 173 Å². The molecule has 2 fully saturated rings. The van der Waals surface area contributed by atoms with Gasteiger partial charge in [-0.25, -0.2) is 0 Å². The fraction of sp³-hybridized carbons (Fsp3) is 0.810. The fourth-order valence-electron chi connectivity index (χ4n) is 3.95. The summed E-state index contributed by atoms with van der Waals surface area (Å²) < 4.78 is 5.23. The third kappa shape index (κ3) is 6.26. The molecule has 1 aliphatic heterocycles. The first-order chi connectivity index (χ1) is 13.8. The molecular formula is C21H35N5O3. The molecule has 162 valence electrons. The Morgan fingerprint density at radius 1 is 1.14 bits per heavy atom. The molecule has 0 radical (unpaired) electrons. The van der Waals surface area contributed by atoms with Gasteiger partial charge in [-0.05, 0) is 12.8 Å². The van der Waals surface area contributed by atoms with Crippen LogP contribution in [0.1, 0.15) is 64.6 Å². The van der Waals surface area contributed by atoms with E-state index in [-0.39, 0.29) is 17.2 Å². The molecule has 1 saturated heterocycles. The number of hydrogen-bond donors (Lipinski definition) is 1. The summed E-state index contributed by atoms with van der Waals surface area (Å²) in [5.41, 5.74) is -0.157. The molecular weight excluding hydrogens is 370 g/mol. The monoisotopic (exact) mass is 405 g/mol. The summed E-state index contributed by atoms with van der Waals surface area (Å²) in [5, 5.41) is 6.94. The minimum Gasteiger partial charge on any atom is -0.355 e. The number of aryl methyl sites for hydroxylation is 1. The molecule has 29 heavy (non-hydrogen) atoms. The number of amides is 2. The van der Waals surface area contributed by atoms with Crippen molar-refractivity contribution in [2.45, 2.75) is 64.7 Å². The second-order valence-corrected chi connectivity index (χ2v) is 9.26. The zero-order valence-corrected chi connectivity index (χ0v) is 18.1. The molecule has 1 N–H and O–H groups in total. The van der Waals surface area contributed by atoms with Crippen LogP contribution in [0, 0.1) is 5.92 Å². The molecule has 1 aromatic rings. The van der Waals surface area contributed by atoms with Crippen molar-refractivity contribution in [3.63, 3.8) is 0 Å². The van der Waals surface area contributed by atoms with E-state index >= 15 is 0 Å². The zero-order chi connectivity index (χ0) is 20.9. The van der Waals surface area contributed by atoms with Crippen LogP contribution in [0.2, 0.25) is 0 Å². The summed E-state index contributed by atoms with van der Waals surface area (Å²) in [6.07, 6.45) is 5.31. The second kappa shape index (κ2) is 9.69. The van der Waals surface area contributed by atoms with Gasteiger partial charge in [0.2, 0.25) is 17.7 Å². The normalized spacial score (nSPS) is 18.9. The maximum absolute atomic E-state index is 12.5. The van der Waals surface area contributed by atoms with E-state index in [1.165, 1.54) is 12.8 Å². The molecule has 8 nitrogen and oxygen atoms in total. The van der Waals surface area contributed by atoms with Crippen LogP contribution in [0.3, 0.4) is 0 Å². The maximum atomic E-state index is 12.5. The highest BCUT2D eigenvalue weighted by Crippen LogP contribution is 2.26. The van der Waals surface area contributed by atoms with Crippen molar-refractivity contribution in [2.24, 2.45) is 5.92 Å². The van der Waals surface area contributed by atoms with E-state index in [4.69, 9.17) is 4.52 Å². The van der Waals surface area contributed by atoms with Crippen molar-refractivity contribution in [1.82, 2.24) is 25.3 Å². The molecule has 1 aromatic heterocycles. The quantitative estimate of drug-likeness (QED) is 0.743. The largest absolute Gasteiger partial charge is 0.355 e. The number of nitrogens with zero attached hydrogens (tertiary/aromatic N) is 4. The highest BCUT2D eigenvalue weighted by atomic mass is 16.5. The van der Waals surface area contributed by atoms with Gasteiger partial charge >= 0.3 is 0 Å². The molecule has 0 atom stereocenters. The van der Waals surface area contributed by atoms with Crippen LogP contribution >= 0.6 is 0 Å². The van der Waals surface area contributed by atoms with Gasteiger partial charge in [0.05, 0.1) is 0 Å². The van der Waals surface area contributed by atoms with Crippen molar-refractivity contribution in [2.75, 3.05) is 39.3 Å². The topological polar surface area (TPSA) is 91.6 Å². The maximum Gasteiger partial charge on any atom is 0.227 e. The zero-order valence-electron chi connectivity index (χ0n) is 18.1. The van der Waals surface area contributed by atoms with Crippen LogP contribution in [-0.2, 0) is 21.4 Å². The van der Waals surface area contributed by atoms with Gasteiger partial charge in [0.1, 0.15) is 0 Å². The van der Waals surface area contributed by atoms with Gasteiger partial charge in [-0.1, -0.05) is 38.8 Å². The average Bonchev–Trinajstić information content (AvgIpc) is 3.38. The lowest BCUT2D eigenvalue weighted by Crippen LogP contribution is -2.51. The molecule has 3 rings (SSSR count). The number of rotatable bonds is 7. The van der Waals surface area contributed by atoms with Crippen molar-refractivity contribution >= 4 is 11.8 Å². The van der Waals surface area contributed by atoms with E-state index in [1.54, 1.807) is 0 Å². The number of hydrogen-bond acceptors (Lipinski definition) is 6. The summed E-state index contributed by atoms with van der Waals surface area (Å²) in [4.78, 5) is 33.3. The Hall–Kier alpha value is -1.96. The number of aromatic nitrogens is 2. The first-order valence-corrected chi connectivity index (χ1v) is 10.9. The highest BCUT2D eigenvalue weighted by Gasteiger charge is 2.29. The lowest BCUT2D eigenvalue weighted by atomic mass is 9.96. The summed E-state index contributed by atoms with van der Waals surface area (Å²) >= 11 is 0. The van der Waals surface area contributed by atoms with E-state index in [1.807, 2.05) is 25.7 Å². The SMILES string of the molecule is CC(C)(C)c1noc(CCC(=O)NCCN2CCN(C(=O)C3CCCC3)CC2)n1. The molecule has 0 aromatic carbocycles. The molecule has 2 aliphatic rings. The van der Waals surface area contributed by atoms with Gasteiger partial charge in [0.15, 0.2) is 5.82 Å². The Balaban J connectivity index is 1.29. The molecule has 2 heterocycles. The Kier molecular flexibility index (Phi) is 7.27. The van der Waals surface area contributed by atoms with Gasteiger partial charge in [0, 0.05) is 63.4 Å². The van der Waals surface area contributed by atoms with Crippen LogP contribution < -0.4 is 5.32 Å². The number of nitrogens with one attached hydrogen (secondary N) is 1. The first-order valence-electron chi connectivity index (χ1n) is 10.9. The van der Waals surface area contributed by atoms with E-state index in [2.05, 4.69) is 20.4 Å². The van der Waals surface area contributed by atoms with Crippen LogP contribution in [-0.4, -0.2) is 71.0 Å². The Morgan fingerprint density at radius 3 is 2.45 bits per heavy atom. The van der Waals surface area contributed by atoms with Crippen LogP contribution in [0.15, 0.2) is 4.52 Å². The minimum atomic E-state index is -0.157. The van der Waals surface area contributed by atoms with Crippen molar-refractivity contribution in [3.05, 3.63) is 11.7 Å². The van der Waals surface area contributed by atoms with Crippen LogP contribution in [0.4, 0.5) is 0 Å². The summed E-state index contributed by atoms with van der Waals surface area (Å²) in [7, 11) is 0. The molecule has 1 saturated carbocycles. The number of carbonyl (C=O) groups excluding carboxylic acids is 2. The van der Waals surface area contributed by atoms with Crippen molar-refractivity contribution in [3.8, 4) is 0 Å². The smallest absolute Gasteiger partial charge is 0.227 e. The molecule has 0 unspecified atom stereocenters. The van der Waals surface area contributed by atoms with Gasteiger partial charge < -0.3 is 14.7 Å². The third-order valence-corrected chi connectivity index (χ3v) is 5.84. The fourth-order valence-corrected chi connectivity index (χ4v) is 3.95. The first kappa shape index (κ1) is 21.7. The van der Waals surface area contributed by atoms with Crippen molar-refractivity contribution < 1.29 is 14.1 Å². The Morgan fingerprint density at radius 2 is 1.83 bits per heavy atom. The predicted molar refractivity (Wildman–Crippen MR) is 109 cm³/mol. The van der Waals surface area contributed by atoms with Gasteiger partial charge in [0.25, 0.3) is 0 Å². The van der Waals surface area contributed by atoms with Gasteiger partial charge in [-0.15, -0.1) is 0 Å². The van der Waals surface area contributed by atoms with Gasteiger partial charge in [-0.3, -0.25) is 14.5 Å². The summed E-state index contributed by atoms with van der Waals surface area (Å²) in [6, 6.07) is 0.